The number of aromatic nitrogens is 4. The highest BCUT2D eigenvalue weighted by atomic mass is 32.2. The lowest BCUT2D eigenvalue weighted by atomic mass is 10.1. The molecule has 1 atom stereocenters. The molecule has 0 amide bonds. The second-order valence-corrected chi connectivity index (χ2v) is 10.4. The van der Waals surface area contributed by atoms with Crippen molar-refractivity contribution in [2.75, 3.05) is 10.0 Å². The van der Waals surface area contributed by atoms with Crippen LogP contribution in [0.2, 0.25) is 0 Å². The van der Waals surface area contributed by atoms with Crippen molar-refractivity contribution in [3.05, 3.63) is 71.5 Å². The summed E-state index contributed by atoms with van der Waals surface area (Å²) < 4.78 is 26.9. The number of fused-ring (bicyclic) bond motifs is 1. The summed E-state index contributed by atoms with van der Waals surface area (Å²) in [6, 6.07) is 9.11. The predicted molar refractivity (Wildman–Crippen MR) is 132 cm³/mol. The van der Waals surface area contributed by atoms with Crippen LogP contribution in [0.3, 0.4) is 0 Å². The van der Waals surface area contributed by atoms with E-state index in [1.54, 1.807) is 18.3 Å². The largest absolute Gasteiger partial charge is 0.348 e. The fourth-order valence-corrected chi connectivity index (χ4v) is 5.16. The lowest BCUT2D eigenvalue weighted by Gasteiger charge is -2.16. The van der Waals surface area contributed by atoms with E-state index in [0.717, 1.165) is 40.6 Å². The normalized spacial score (nSPS) is 14.5. The molecule has 0 bridgehead atoms. The maximum absolute atomic E-state index is 12.1. The van der Waals surface area contributed by atoms with Gasteiger partial charge in [0.2, 0.25) is 21.7 Å². The third kappa shape index (κ3) is 4.30. The van der Waals surface area contributed by atoms with E-state index in [1.165, 1.54) is 6.20 Å². The molecule has 1 aliphatic rings. The van der Waals surface area contributed by atoms with Crippen LogP contribution in [0.25, 0.3) is 27.1 Å². The molecule has 3 heterocycles. The molecule has 1 aromatic carbocycles. The van der Waals surface area contributed by atoms with Gasteiger partial charge in [0.05, 0.1) is 23.6 Å². The van der Waals surface area contributed by atoms with E-state index in [4.69, 9.17) is 6.57 Å². The first-order valence-corrected chi connectivity index (χ1v) is 12.5. The average molecular weight is 474 g/mol. The Labute approximate surface area is 197 Å². The molecule has 3 aromatic heterocycles. The molecule has 172 valence electrons. The van der Waals surface area contributed by atoms with Crippen molar-refractivity contribution < 1.29 is 8.42 Å². The minimum Gasteiger partial charge on any atom is -0.348 e. The first-order valence-electron chi connectivity index (χ1n) is 10.9. The molecule has 9 nitrogen and oxygen atoms in total. The predicted octanol–water partition coefficient (Wildman–Crippen LogP) is 4.96. The molecule has 0 radical (unpaired) electrons. The van der Waals surface area contributed by atoms with Gasteiger partial charge in [0.25, 0.3) is 0 Å². The number of sulfonamides is 1. The minimum absolute atomic E-state index is 0.146. The monoisotopic (exact) mass is 473 g/mol. The summed E-state index contributed by atoms with van der Waals surface area (Å²) in [6.07, 6.45) is 6.55. The van der Waals surface area contributed by atoms with E-state index in [9.17, 15) is 8.42 Å². The van der Waals surface area contributed by atoms with Crippen LogP contribution in [0.4, 0.5) is 17.3 Å². The van der Waals surface area contributed by atoms with Gasteiger partial charge in [-0.1, -0.05) is 12.1 Å². The van der Waals surface area contributed by atoms with E-state index in [2.05, 4.69) is 34.8 Å². The van der Waals surface area contributed by atoms with Crippen molar-refractivity contribution >= 4 is 38.4 Å². The van der Waals surface area contributed by atoms with Crippen LogP contribution in [0.1, 0.15) is 36.9 Å². The summed E-state index contributed by atoms with van der Waals surface area (Å²) in [5.41, 5.74) is 4.92. The first-order chi connectivity index (χ1) is 16.3. The van der Waals surface area contributed by atoms with Crippen molar-refractivity contribution in [3.8, 4) is 11.3 Å². The molecule has 10 heteroatoms. The van der Waals surface area contributed by atoms with Gasteiger partial charge in [-0.2, -0.15) is 0 Å². The number of aryl methyl sites for hydroxylation is 1. The van der Waals surface area contributed by atoms with E-state index in [-0.39, 0.29) is 11.3 Å². The van der Waals surface area contributed by atoms with Crippen LogP contribution in [-0.2, 0) is 10.0 Å². The summed E-state index contributed by atoms with van der Waals surface area (Å²) >= 11 is 0. The zero-order chi connectivity index (χ0) is 23.9. The fourth-order valence-electron chi connectivity index (χ4n) is 3.77. The lowest BCUT2D eigenvalue weighted by molar-refractivity contribution is 0.600. The highest BCUT2D eigenvalue weighted by Gasteiger charge is 2.35. The second-order valence-electron chi connectivity index (χ2n) is 8.48. The molecule has 0 aliphatic heterocycles. The molecule has 5 rings (SSSR count). The van der Waals surface area contributed by atoms with E-state index in [0.29, 0.717) is 23.0 Å². The van der Waals surface area contributed by atoms with E-state index in [1.807, 2.05) is 38.2 Å². The van der Waals surface area contributed by atoms with Crippen LogP contribution in [0.5, 0.6) is 0 Å². The third-order valence-corrected chi connectivity index (χ3v) is 7.66. The van der Waals surface area contributed by atoms with Gasteiger partial charge >= 0.3 is 0 Å². The number of benzene rings is 1. The van der Waals surface area contributed by atoms with Crippen molar-refractivity contribution in [2.45, 2.75) is 38.0 Å². The number of H-pyrrole nitrogens is 1. The molecule has 1 saturated carbocycles. The molecule has 0 spiro atoms. The van der Waals surface area contributed by atoms with E-state index < -0.39 is 10.0 Å². The Morgan fingerprint density at radius 1 is 1.18 bits per heavy atom. The molecule has 1 fully saturated rings. The van der Waals surface area contributed by atoms with E-state index >= 15 is 0 Å². The first kappa shape index (κ1) is 21.9. The van der Waals surface area contributed by atoms with Gasteiger partial charge in [0.1, 0.15) is 5.65 Å². The van der Waals surface area contributed by atoms with Crippen molar-refractivity contribution in [1.82, 2.24) is 19.9 Å². The Kier molecular flexibility index (Phi) is 5.42. The molecule has 0 saturated heterocycles. The summed E-state index contributed by atoms with van der Waals surface area (Å²) in [5.74, 6) is 0.392. The Morgan fingerprint density at radius 3 is 2.65 bits per heavy atom. The highest BCUT2D eigenvalue weighted by Crippen LogP contribution is 2.34. The van der Waals surface area contributed by atoms with Gasteiger partial charge in [0.15, 0.2) is 0 Å². The number of hydrogen-bond acceptors (Lipinski definition) is 6. The Morgan fingerprint density at radius 2 is 1.94 bits per heavy atom. The number of rotatable bonds is 7. The molecular formula is C24H23N7O2S. The molecule has 4 aromatic rings. The number of aromatic amines is 1. The van der Waals surface area contributed by atoms with Crippen LogP contribution in [-0.4, -0.2) is 33.6 Å². The molecular weight excluding hydrogens is 450 g/mol. The zero-order valence-electron chi connectivity index (χ0n) is 18.7. The third-order valence-electron chi connectivity index (χ3n) is 5.79. The van der Waals surface area contributed by atoms with Gasteiger partial charge in [-0.15, -0.1) is 0 Å². The quantitative estimate of drug-likeness (QED) is 0.327. The summed E-state index contributed by atoms with van der Waals surface area (Å²) in [4.78, 5) is 20.1. The van der Waals surface area contributed by atoms with Crippen LogP contribution in [0.15, 0.2) is 48.9 Å². The summed E-state index contributed by atoms with van der Waals surface area (Å²) in [5, 5.41) is 3.90. The lowest BCUT2D eigenvalue weighted by Crippen LogP contribution is -2.17. The standard InChI is InChI=1S/C24H23N7O2S/c1-14-10-19-20(12-27-23(19)26-11-14)22-21(25-3)13-28-24(30-22)29-15(2)16-4-6-17(7-5-16)31-34(32,33)18-8-9-18/h4-7,10-13,15,18,31H,8-9H2,1-2H3,(H,26,27)(H,28,29,30)/t15-/m1/s1. The van der Waals surface area contributed by atoms with Crippen molar-refractivity contribution in [1.29, 1.82) is 0 Å². The van der Waals surface area contributed by atoms with Gasteiger partial charge in [-0.05, 0) is 56.0 Å². The second kappa shape index (κ2) is 8.43. The van der Waals surface area contributed by atoms with Gasteiger partial charge in [-0.25, -0.2) is 28.2 Å². The Hall–Kier alpha value is -3.97. The molecule has 0 unspecified atom stereocenters. The molecule has 1 aliphatic carbocycles. The average Bonchev–Trinajstić information content (AvgIpc) is 3.61. The van der Waals surface area contributed by atoms with Crippen LogP contribution in [0, 0.1) is 13.5 Å². The fraction of sp³-hybridized carbons (Fsp3) is 0.250. The smallest absolute Gasteiger partial charge is 0.235 e. The summed E-state index contributed by atoms with van der Waals surface area (Å²) in [6.45, 7) is 11.5. The molecule has 3 N–H and O–H groups in total. The van der Waals surface area contributed by atoms with Gasteiger partial charge < -0.3 is 10.3 Å². The number of hydrogen-bond donors (Lipinski definition) is 3. The molecule has 34 heavy (non-hydrogen) atoms. The number of anilines is 2. The van der Waals surface area contributed by atoms with Crippen LogP contribution >= 0.6 is 0 Å². The van der Waals surface area contributed by atoms with Crippen molar-refractivity contribution in [3.63, 3.8) is 0 Å². The maximum atomic E-state index is 12.1. The van der Waals surface area contributed by atoms with Crippen LogP contribution < -0.4 is 10.0 Å². The number of pyridine rings is 1. The minimum atomic E-state index is -3.29. The van der Waals surface area contributed by atoms with Gasteiger partial charge in [0, 0.05) is 35.2 Å². The maximum Gasteiger partial charge on any atom is 0.235 e. The Bertz CT molecular complexity index is 1520. The zero-order valence-corrected chi connectivity index (χ0v) is 19.5. The topological polar surface area (TPSA) is 117 Å². The van der Waals surface area contributed by atoms with Gasteiger partial charge in [-0.3, -0.25) is 4.72 Å². The summed E-state index contributed by atoms with van der Waals surface area (Å²) in [7, 11) is -3.29. The Balaban J connectivity index is 1.38. The number of nitrogens with zero attached hydrogens (tertiary/aromatic N) is 4. The SMILES string of the molecule is [C-]#[N+]c1cnc(N[C@H](C)c2ccc(NS(=O)(=O)C3CC3)cc2)nc1-c1c[nH]c2ncc(C)cc12. The van der Waals surface area contributed by atoms with Crippen molar-refractivity contribution in [2.24, 2.45) is 0 Å². The highest BCUT2D eigenvalue weighted by molar-refractivity contribution is 7.93. The number of nitrogens with one attached hydrogen (secondary N) is 3.